The van der Waals surface area contributed by atoms with Gasteiger partial charge in [-0.1, -0.05) is 5.16 Å². The second-order valence-corrected chi connectivity index (χ2v) is 4.78. The van der Waals surface area contributed by atoms with E-state index >= 15 is 0 Å². The summed E-state index contributed by atoms with van der Waals surface area (Å²) in [6.07, 6.45) is 2.29. The number of aromatic nitrogens is 1. The molecule has 5 heteroatoms. The first-order valence-corrected chi connectivity index (χ1v) is 6.05. The third kappa shape index (κ3) is 3.30. The first-order valence-electron chi connectivity index (χ1n) is 6.05. The van der Waals surface area contributed by atoms with Gasteiger partial charge in [0.05, 0.1) is 0 Å². The van der Waals surface area contributed by atoms with Gasteiger partial charge in [-0.25, -0.2) is 0 Å². The summed E-state index contributed by atoms with van der Waals surface area (Å²) < 4.78 is 4.87. The van der Waals surface area contributed by atoms with Gasteiger partial charge in [-0.15, -0.1) is 0 Å². The largest absolute Gasteiger partial charge is 0.361 e. The normalized spacial score (nSPS) is 18.2. The molecule has 1 saturated heterocycles. The first-order chi connectivity index (χ1) is 8.15. The number of piperidine rings is 1. The standard InChI is InChI=1S/C12H19N3O2/c1-9-7-11(14-17-9)12(16)13-8-10-3-5-15(2)6-4-10/h7,10H,3-6,8H2,1-2H3,(H,13,16). The van der Waals surface area contributed by atoms with Gasteiger partial charge in [0.15, 0.2) is 5.69 Å². The molecule has 5 nitrogen and oxygen atoms in total. The molecule has 0 aromatic carbocycles. The maximum absolute atomic E-state index is 11.7. The van der Waals surface area contributed by atoms with Gasteiger partial charge < -0.3 is 14.7 Å². The Labute approximate surface area is 101 Å². The van der Waals surface area contributed by atoms with E-state index in [-0.39, 0.29) is 5.91 Å². The van der Waals surface area contributed by atoms with Gasteiger partial charge >= 0.3 is 0 Å². The molecule has 1 aliphatic heterocycles. The molecule has 1 N–H and O–H groups in total. The molecule has 0 unspecified atom stereocenters. The van der Waals surface area contributed by atoms with E-state index in [4.69, 9.17) is 4.52 Å². The fraction of sp³-hybridized carbons (Fsp3) is 0.667. The SMILES string of the molecule is Cc1cc(C(=O)NCC2CCN(C)CC2)no1. The number of carbonyl (C=O) groups is 1. The number of nitrogens with one attached hydrogen (secondary N) is 1. The molecule has 1 aliphatic rings. The summed E-state index contributed by atoms with van der Waals surface area (Å²) in [5.41, 5.74) is 0.371. The average Bonchev–Trinajstić information content (AvgIpc) is 2.75. The van der Waals surface area contributed by atoms with Crippen LogP contribution in [0.15, 0.2) is 10.6 Å². The molecule has 1 fully saturated rings. The van der Waals surface area contributed by atoms with E-state index in [0.717, 1.165) is 32.5 Å². The van der Waals surface area contributed by atoms with Crippen LogP contribution < -0.4 is 5.32 Å². The van der Waals surface area contributed by atoms with E-state index in [1.165, 1.54) is 0 Å². The predicted molar refractivity (Wildman–Crippen MR) is 63.8 cm³/mol. The van der Waals surface area contributed by atoms with E-state index in [1.807, 2.05) is 0 Å². The maximum atomic E-state index is 11.7. The van der Waals surface area contributed by atoms with Crippen molar-refractivity contribution in [1.29, 1.82) is 0 Å². The number of likely N-dealkylation sites (tertiary alicyclic amines) is 1. The third-order valence-electron chi connectivity index (χ3n) is 3.25. The Hall–Kier alpha value is -1.36. The lowest BCUT2D eigenvalue weighted by molar-refractivity contribution is 0.0930. The Balaban J connectivity index is 1.76. The maximum Gasteiger partial charge on any atom is 0.273 e. The summed E-state index contributed by atoms with van der Waals surface area (Å²) in [6, 6.07) is 1.66. The van der Waals surface area contributed by atoms with Crippen molar-refractivity contribution in [3.05, 3.63) is 17.5 Å². The molecule has 0 atom stereocenters. The van der Waals surface area contributed by atoms with Crippen LogP contribution >= 0.6 is 0 Å². The topological polar surface area (TPSA) is 58.4 Å². The smallest absolute Gasteiger partial charge is 0.273 e. The molecular weight excluding hydrogens is 218 g/mol. The van der Waals surface area contributed by atoms with Crippen molar-refractivity contribution in [2.45, 2.75) is 19.8 Å². The van der Waals surface area contributed by atoms with Crippen LogP contribution in [0, 0.1) is 12.8 Å². The molecule has 0 spiro atoms. The second kappa shape index (κ2) is 5.31. The summed E-state index contributed by atoms with van der Waals surface area (Å²) in [5, 5.41) is 6.61. The van der Waals surface area contributed by atoms with Crippen LogP contribution in [0.2, 0.25) is 0 Å². The Kier molecular flexibility index (Phi) is 3.78. The molecule has 0 saturated carbocycles. The molecule has 1 aromatic heterocycles. The van der Waals surface area contributed by atoms with E-state index in [0.29, 0.717) is 17.4 Å². The molecule has 0 radical (unpaired) electrons. The van der Waals surface area contributed by atoms with Crippen LogP contribution in [0.4, 0.5) is 0 Å². The molecular formula is C12H19N3O2. The lowest BCUT2D eigenvalue weighted by atomic mass is 9.97. The summed E-state index contributed by atoms with van der Waals surface area (Å²) in [5.74, 6) is 1.11. The average molecular weight is 237 g/mol. The van der Waals surface area contributed by atoms with Crippen molar-refractivity contribution < 1.29 is 9.32 Å². The lowest BCUT2D eigenvalue weighted by Gasteiger charge is -2.28. The Bertz CT molecular complexity index is 381. The summed E-state index contributed by atoms with van der Waals surface area (Å²) in [6.45, 7) is 4.74. The van der Waals surface area contributed by atoms with Gasteiger partial charge in [0.25, 0.3) is 5.91 Å². The van der Waals surface area contributed by atoms with Crippen molar-refractivity contribution in [3.8, 4) is 0 Å². The zero-order valence-corrected chi connectivity index (χ0v) is 10.4. The van der Waals surface area contributed by atoms with Gasteiger partial charge in [0.2, 0.25) is 0 Å². The lowest BCUT2D eigenvalue weighted by Crippen LogP contribution is -2.36. The molecule has 1 amide bonds. The van der Waals surface area contributed by atoms with E-state index in [2.05, 4.69) is 22.4 Å². The van der Waals surface area contributed by atoms with E-state index < -0.39 is 0 Å². The van der Waals surface area contributed by atoms with Crippen molar-refractivity contribution >= 4 is 5.91 Å². The number of amides is 1. The minimum absolute atomic E-state index is 0.138. The minimum atomic E-state index is -0.138. The van der Waals surface area contributed by atoms with Gasteiger partial charge in [-0.2, -0.15) is 0 Å². The van der Waals surface area contributed by atoms with Crippen LogP contribution in [0.5, 0.6) is 0 Å². The Morgan fingerprint density at radius 3 is 2.88 bits per heavy atom. The highest BCUT2D eigenvalue weighted by Crippen LogP contribution is 2.14. The number of hydrogen-bond donors (Lipinski definition) is 1. The van der Waals surface area contributed by atoms with Crippen LogP contribution in [-0.4, -0.2) is 42.6 Å². The molecule has 17 heavy (non-hydrogen) atoms. The number of nitrogens with zero attached hydrogens (tertiary/aromatic N) is 2. The first kappa shape index (κ1) is 12.1. The van der Waals surface area contributed by atoms with Gasteiger partial charge in [0.1, 0.15) is 5.76 Å². The zero-order valence-electron chi connectivity index (χ0n) is 10.4. The molecule has 2 heterocycles. The predicted octanol–water partition coefficient (Wildman–Crippen LogP) is 1.05. The fourth-order valence-corrected chi connectivity index (χ4v) is 2.07. The number of hydrogen-bond acceptors (Lipinski definition) is 4. The second-order valence-electron chi connectivity index (χ2n) is 4.78. The third-order valence-corrected chi connectivity index (χ3v) is 3.25. The summed E-state index contributed by atoms with van der Waals surface area (Å²) >= 11 is 0. The highest BCUT2D eigenvalue weighted by Gasteiger charge is 2.18. The van der Waals surface area contributed by atoms with Crippen LogP contribution in [0.3, 0.4) is 0 Å². The number of rotatable bonds is 3. The summed E-state index contributed by atoms with van der Waals surface area (Å²) in [7, 11) is 2.13. The monoisotopic (exact) mass is 237 g/mol. The number of carbonyl (C=O) groups excluding carboxylic acids is 1. The zero-order chi connectivity index (χ0) is 12.3. The van der Waals surface area contributed by atoms with E-state index in [1.54, 1.807) is 13.0 Å². The van der Waals surface area contributed by atoms with Crippen LogP contribution in [0.25, 0.3) is 0 Å². The van der Waals surface area contributed by atoms with Crippen molar-refractivity contribution in [1.82, 2.24) is 15.4 Å². The van der Waals surface area contributed by atoms with Gasteiger partial charge in [-0.3, -0.25) is 4.79 Å². The Morgan fingerprint density at radius 1 is 1.59 bits per heavy atom. The van der Waals surface area contributed by atoms with Crippen LogP contribution in [0.1, 0.15) is 29.1 Å². The fourth-order valence-electron chi connectivity index (χ4n) is 2.07. The van der Waals surface area contributed by atoms with Gasteiger partial charge in [0, 0.05) is 12.6 Å². The highest BCUT2D eigenvalue weighted by molar-refractivity contribution is 5.92. The molecule has 0 aliphatic carbocycles. The summed E-state index contributed by atoms with van der Waals surface area (Å²) in [4.78, 5) is 14.0. The molecule has 0 bridgehead atoms. The van der Waals surface area contributed by atoms with E-state index in [9.17, 15) is 4.79 Å². The van der Waals surface area contributed by atoms with Crippen molar-refractivity contribution in [2.75, 3.05) is 26.7 Å². The van der Waals surface area contributed by atoms with Crippen molar-refractivity contribution in [2.24, 2.45) is 5.92 Å². The molecule has 2 rings (SSSR count). The number of aryl methyl sites for hydroxylation is 1. The van der Waals surface area contributed by atoms with Crippen molar-refractivity contribution in [3.63, 3.8) is 0 Å². The molecule has 1 aromatic rings. The Morgan fingerprint density at radius 2 is 2.29 bits per heavy atom. The molecule has 94 valence electrons. The quantitative estimate of drug-likeness (QED) is 0.854. The van der Waals surface area contributed by atoms with Crippen LogP contribution in [-0.2, 0) is 0 Å². The van der Waals surface area contributed by atoms with Gasteiger partial charge in [-0.05, 0) is 45.8 Å². The minimum Gasteiger partial charge on any atom is -0.361 e. The highest BCUT2D eigenvalue weighted by atomic mass is 16.5.